The van der Waals surface area contributed by atoms with Crippen molar-refractivity contribution < 1.29 is 27.8 Å². The number of amides is 1. The second kappa shape index (κ2) is 7.40. The molecule has 1 saturated heterocycles. The van der Waals surface area contributed by atoms with Gasteiger partial charge in [0.2, 0.25) is 0 Å². The summed E-state index contributed by atoms with van der Waals surface area (Å²) in [5, 5.41) is 2.59. The zero-order valence-corrected chi connectivity index (χ0v) is 12.5. The van der Waals surface area contributed by atoms with Gasteiger partial charge in [0.25, 0.3) is 0 Å². The smallest absolute Gasteiger partial charge is 0.408 e. The Bertz CT molecular complexity index is 504. The first-order valence-electron chi connectivity index (χ1n) is 7.08. The number of alkyl carbamates (subject to hydrolysis) is 1. The summed E-state index contributed by atoms with van der Waals surface area (Å²) in [6.45, 7) is 4.85. The average molecular weight is 315 g/mol. The molecule has 1 aliphatic heterocycles. The van der Waals surface area contributed by atoms with Gasteiger partial charge in [-0.3, -0.25) is 0 Å². The zero-order valence-electron chi connectivity index (χ0n) is 12.5. The Morgan fingerprint density at radius 1 is 1.23 bits per heavy atom. The summed E-state index contributed by atoms with van der Waals surface area (Å²) in [6, 6.07) is 2.47. The molecule has 0 bridgehead atoms. The minimum Gasteiger partial charge on any atom is -0.491 e. The van der Waals surface area contributed by atoms with Gasteiger partial charge in [-0.25, -0.2) is 13.6 Å². The number of hydrogen-bond donors (Lipinski definition) is 1. The molecule has 1 aliphatic rings. The van der Waals surface area contributed by atoms with Crippen molar-refractivity contribution in [3.63, 3.8) is 0 Å². The van der Waals surface area contributed by atoms with Crippen LogP contribution in [-0.2, 0) is 9.47 Å². The molecule has 0 saturated carbocycles. The van der Waals surface area contributed by atoms with Gasteiger partial charge in [-0.05, 0) is 5.92 Å². The number of carbonyl (C=O) groups is 1. The van der Waals surface area contributed by atoms with Crippen molar-refractivity contribution in [3.05, 3.63) is 29.8 Å². The van der Waals surface area contributed by atoms with Crippen LogP contribution in [-0.4, -0.2) is 38.1 Å². The molecular weight excluding hydrogens is 296 g/mol. The molecule has 1 aromatic rings. The molecule has 0 spiro atoms. The molecule has 1 heterocycles. The number of cyclic esters (lactones) is 1. The lowest BCUT2D eigenvalue weighted by Crippen LogP contribution is -2.39. The fourth-order valence-corrected chi connectivity index (χ4v) is 2.01. The molecule has 5 nitrogen and oxygen atoms in total. The SMILES string of the molecule is CC(C)COCC1OC(=O)NC1COc1cc(F)cc(F)c1. The van der Waals surface area contributed by atoms with Crippen LogP contribution in [0.4, 0.5) is 13.6 Å². The number of rotatable bonds is 7. The van der Waals surface area contributed by atoms with Gasteiger partial charge in [-0.15, -0.1) is 0 Å². The maximum Gasteiger partial charge on any atom is 0.408 e. The van der Waals surface area contributed by atoms with Crippen LogP contribution < -0.4 is 10.1 Å². The summed E-state index contributed by atoms with van der Waals surface area (Å²) in [5.74, 6) is -1.02. The third kappa shape index (κ3) is 4.84. The molecule has 2 unspecified atom stereocenters. The lowest BCUT2D eigenvalue weighted by atomic mass is 10.2. The van der Waals surface area contributed by atoms with Crippen LogP contribution >= 0.6 is 0 Å². The second-order valence-electron chi connectivity index (χ2n) is 5.54. The summed E-state index contributed by atoms with van der Waals surface area (Å²) in [4.78, 5) is 11.3. The number of hydrogen-bond acceptors (Lipinski definition) is 4. The molecule has 1 amide bonds. The fraction of sp³-hybridized carbons (Fsp3) is 0.533. The van der Waals surface area contributed by atoms with Gasteiger partial charge in [0.05, 0.1) is 6.61 Å². The van der Waals surface area contributed by atoms with Gasteiger partial charge in [-0.2, -0.15) is 0 Å². The fourth-order valence-electron chi connectivity index (χ4n) is 2.01. The Morgan fingerprint density at radius 2 is 1.91 bits per heavy atom. The Balaban J connectivity index is 1.87. The minimum absolute atomic E-state index is 0.0321. The second-order valence-corrected chi connectivity index (χ2v) is 5.54. The largest absolute Gasteiger partial charge is 0.491 e. The molecule has 1 fully saturated rings. The van der Waals surface area contributed by atoms with Crippen molar-refractivity contribution in [1.82, 2.24) is 5.32 Å². The first kappa shape index (κ1) is 16.5. The number of ether oxygens (including phenoxy) is 3. The van der Waals surface area contributed by atoms with Crippen LogP contribution in [0.2, 0.25) is 0 Å². The standard InChI is InChI=1S/C15H19F2NO4/c1-9(2)6-20-8-14-13(18-15(19)22-14)7-21-12-4-10(16)3-11(17)5-12/h3-5,9,13-14H,6-8H2,1-2H3,(H,18,19). The van der Waals surface area contributed by atoms with E-state index in [0.29, 0.717) is 12.5 Å². The minimum atomic E-state index is -0.724. The quantitative estimate of drug-likeness (QED) is 0.840. The van der Waals surface area contributed by atoms with E-state index in [9.17, 15) is 13.6 Å². The molecule has 122 valence electrons. The Kier molecular flexibility index (Phi) is 5.54. The summed E-state index contributed by atoms with van der Waals surface area (Å²) < 4.78 is 42.0. The van der Waals surface area contributed by atoms with E-state index in [1.54, 1.807) is 0 Å². The van der Waals surface area contributed by atoms with E-state index in [1.807, 2.05) is 13.8 Å². The van der Waals surface area contributed by atoms with Crippen molar-refractivity contribution in [2.24, 2.45) is 5.92 Å². The molecule has 1 aromatic carbocycles. The van der Waals surface area contributed by atoms with Gasteiger partial charge in [0, 0.05) is 24.8 Å². The van der Waals surface area contributed by atoms with Crippen LogP contribution in [0.25, 0.3) is 0 Å². The van der Waals surface area contributed by atoms with Gasteiger partial charge in [0.1, 0.15) is 30.0 Å². The highest BCUT2D eigenvalue weighted by Crippen LogP contribution is 2.17. The average Bonchev–Trinajstić information content (AvgIpc) is 2.75. The first-order valence-corrected chi connectivity index (χ1v) is 7.08. The summed E-state index contributed by atoms with van der Waals surface area (Å²) in [7, 11) is 0. The monoisotopic (exact) mass is 315 g/mol. The van der Waals surface area contributed by atoms with E-state index < -0.39 is 29.9 Å². The van der Waals surface area contributed by atoms with E-state index in [-0.39, 0.29) is 19.0 Å². The highest BCUT2D eigenvalue weighted by Gasteiger charge is 2.34. The Morgan fingerprint density at radius 3 is 2.55 bits per heavy atom. The Labute approximate surface area is 127 Å². The molecule has 0 aliphatic carbocycles. The van der Waals surface area contributed by atoms with Crippen LogP contribution in [0.3, 0.4) is 0 Å². The third-order valence-electron chi connectivity index (χ3n) is 3.01. The highest BCUT2D eigenvalue weighted by molar-refractivity contribution is 5.70. The topological polar surface area (TPSA) is 56.8 Å². The molecular formula is C15H19F2NO4. The number of carbonyl (C=O) groups excluding carboxylic acids is 1. The van der Waals surface area contributed by atoms with E-state index >= 15 is 0 Å². The van der Waals surface area contributed by atoms with Crippen molar-refractivity contribution >= 4 is 6.09 Å². The summed E-state index contributed by atoms with van der Waals surface area (Å²) >= 11 is 0. The molecule has 7 heteroatoms. The van der Waals surface area contributed by atoms with Crippen LogP contribution in [0.15, 0.2) is 18.2 Å². The van der Waals surface area contributed by atoms with Crippen LogP contribution in [0, 0.1) is 17.6 Å². The van der Waals surface area contributed by atoms with Gasteiger partial charge in [-0.1, -0.05) is 13.8 Å². The van der Waals surface area contributed by atoms with Crippen LogP contribution in [0.1, 0.15) is 13.8 Å². The molecule has 2 atom stereocenters. The number of benzene rings is 1. The summed E-state index contributed by atoms with van der Waals surface area (Å²) in [6.07, 6.45) is -1.05. The van der Waals surface area contributed by atoms with Gasteiger partial charge in [0.15, 0.2) is 6.10 Å². The van der Waals surface area contributed by atoms with E-state index in [2.05, 4.69) is 5.32 Å². The number of halogens is 2. The normalized spacial score (nSPS) is 20.9. The molecule has 0 aromatic heterocycles. The maximum atomic E-state index is 13.1. The van der Waals surface area contributed by atoms with Crippen LogP contribution in [0.5, 0.6) is 5.75 Å². The predicted molar refractivity (Wildman–Crippen MR) is 74.7 cm³/mol. The van der Waals surface area contributed by atoms with Crippen molar-refractivity contribution in [2.45, 2.75) is 26.0 Å². The van der Waals surface area contributed by atoms with E-state index in [1.165, 1.54) is 0 Å². The van der Waals surface area contributed by atoms with Crippen molar-refractivity contribution in [1.29, 1.82) is 0 Å². The first-order chi connectivity index (χ1) is 10.4. The maximum absolute atomic E-state index is 13.1. The molecule has 22 heavy (non-hydrogen) atoms. The molecule has 2 rings (SSSR count). The summed E-state index contributed by atoms with van der Waals surface area (Å²) in [5.41, 5.74) is 0. The Hall–Kier alpha value is -1.89. The lowest BCUT2D eigenvalue weighted by Gasteiger charge is -2.18. The van der Waals surface area contributed by atoms with E-state index in [4.69, 9.17) is 14.2 Å². The van der Waals surface area contributed by atoms with Crippen molar-refractivity contribution in [3.8, 4) is 5.75 Å². The third-order valence-corrected chi connectivity index (χ3v) is 3.01. The zero-order chi connectivity index (χ0) is 16.1. The van der Waals surface area contributed by atoms with Gasteiger partial charge >= 0.3 is 6.09 Å². The predicted octanol–water partition coefficient (Wildman–Crippen LogP) is 2.49. The highest BCUT2D eigenvalue weighted by atomic mass is 19.1. The molecule has 0 radical (unpaired) electrons. The lowest BCUT2D eigenvalue weighted by molar-refractivity contribution is 0.0196. The van der Waals surface area contributed by atoms with Gasteiger partial charge < -0.3 is 19.5 Å². The molecule has 1 N–H and O–H groups in total. The van der Waals surface area contributed by atoms with E-state index in [0.717, 1.165) is 18.2 Å². The number of nitrogens with one attached hydrogen (secondary N) is 1. The van der Waals surface area contributed by atoms with Crippen molar-refractivity contribution in [2.75, 3.05) is 19.8 Å².